The Hall–Kier alpha value is -2.41. The Morgan fingerprint density at radius 3 is 2.82 bits per heavy atom. The molecule has 6 nitrogen and oxygen atoms in total. The summed E-state index contributed by atoms with van der Waals surface area (Å²) in [5, 5.41) is 3.24. The molecule has 7 heteroatoms. The van der Waals surface area contributed by atoms with Crippen molar-refractivity contribution >= 4 is 21.8 Å². The molecule has 1 aromatic carbocycles. The van der Waals surface area contributed by atoms with Crippen molar-refractivity contribution in [2.75, 3.05) is 12.3 Å². The topological polar surface area (TPSA) is 78.8 Å². The van der Waals surface area contributed by atoms with Crippen LogP contribution in [0.3, 0.4) is 0 Å². The predicted octanol–water partition coefficient (Wildman–Crippen LogP) is 2.56. The monoisotopic (exact) mass is 399 g/mol. The summed E-state index contributed by atoms with van der Waals surface area (Å²) >= 11 is 0. The third-order valence-corrected chi connectivity index (χ3v) is 6.96. The predicted molar refractivity (Wildman–Crippen MR) is 109 cm³/mol. The van der Waals surface area contributed by atoms with Gasteiger partial charge in [-0.1, -0.05) is 38.1 Å². The average molecular weight is 400 g/mol. The van der Waals surface area contributed by atoms with Crippen LogP contribution in [0.5, 0.6) is 0 Å². The Labute approximate surface area is 166 Å². The van der Waals surface area contributed by atoms with Gasteiger partial charge in [0.1, 0.15) is 5.84 Å². The van der Waals surface area contributed by atoms with Gasteiger partial charge in [-0.05, 0) is 48.0 Å². The van der Waals surface area contributed by atoms with Crippen molar-refractivity contribution in [2.24, 2.45) is 16.2 Å². The van der Waals surface area contributed by atoms with Crippen LogP contribution >= 0.6 is 0 Å². The highest BCUT2D eigenvalue weighted by Crippen LogP contribution is 2.38. The summed E-state index contributed by atoms with van der Waals surface area (Å²) in [7, 11) is -3.40. The molecule has 2 atom stereocenters. The van der Waals surface area contributed by atoms with Crippen molar-refractivity contribution in [1.82, 2.24) is 10.2 Å². The van der Waals surface area contributed by atoms with Gasteiger partial charge in [-0.25, -0.2) is 8.42 Å². The highest BCUT2D eigenvalue weighted by Gasteiger charge is 2.33. The molecule has 0 radical (unpaired) electrons. The van der Waals surface area contributed by atoms with Crippen molar-refractivity contribution in [3.8, 4) is 0 Å². The minimum atomic E-state index is -3.40. The van der Waals surface area contributed by atoms with Crippen molar-refractivity contribution in [2.45, 2.75) is 32.7 Å². The number of hydrogen-bond acceptors (Lipinski definition) is 4. The Kier molecular flexibility index (Phi) is 4.87. The van der Waals surface area contributed by atoms with E-state index < -0.39 is 10.0 Å². The molecule has 0 bridgehead atoms. The fraction of sp³-hybridized carbons (Fsp3) is 0.429. The van der Waals surface area contributed by atoms with Gasteiger partial charge < -0.3 is 10.2 Å². The molecule has 2 aliphatic heterocycles. The van der Waals surface area contributed by atoms with Crippen LogP contribution in [-0.4, -0.2) is 37.4 Å². The smallest absolute Gasteiger partial charge is 0.256 e. The zero-order valence-electron chi connectivity index (χ0n) is 16.1. The maximum atomic E-state index is 13.0. The van der Waals surface area contributed by atoms with E-state index in [1.165, 1.54) is 11.1 Å². The number of hydrogen-bond donors (Lipinski definition) is 1. The molecule has 148 valence electrons. The van der Waals surface area contributed by atoms with E-state index in [2.05, 4.69) is 35.7 Å². The lowest BCUT2D eigenvalue weighted by Gasteiger charge is -2.37. The number of fused-ring (bicyclic) bond motifs is 2. The molecule has 0 saturated carbocycles. The number of sulfonamides is 1. The van der Waals surface area contributed by atoms with Gasteiger partial charge in [0.25, 0.3) is 15.9 Å². The summed E-state index contributed by atoms with van der Waals surface area (Å²) < 4.78 is 27.1. The van der Waals surface area contributed by atoms with E-state index in [4.69, 9.17) is 0 Å². The highest BCUT2D eigenvalue weighted by molar-refractivity contribution is 7.90. The molecule has 1 N–H and O–H groups in total. The first-order valence-corrected chi connectivity index (χ1v) is 11.3. The van der Waals surface area contributed by atoms with Crippen molar-refractivity contribution in [3.63, 3.8) is 0 Å². The molecule has 1 amide bonds. The number of amidine groups is 1. The van der Waals surface area contributed by atoms with Crippen molar-refractivity contribution in [1.29, 1.82) is 0 Å². The summed E-state index contributed by atoms with van der Waals surface area (Å²) in [6, 6.07) is 8.30. The fourth-order valence-corrected chi connectivity index (χ4v) is 5.22. The minimum Gasteiger partial charge on any atom is -0.345 e. The number of carbonyl (C=O) groups excluding carboxylic acids is 1. The van der Waals surface area contributed by atoms with Crippen LogP contribution in [0.4, 0.5) is 0 Å². The second-order valence-corrected chi connectivity index (χ2v) is 9.70. The van der Waals surface area contributed by atoms with Crippen LogP contribution in [0.2, 0.25) is 0 Å². The van der Waals surface area contributed by atoms with Gasteiger partial charge in [0.2, 0.25) is 0 Å². The summed E-state index contributed by atoms with van der Waals surface area (Å²) in [6.07, 6.45) is 7.03. The maximum Gasteiger partial charge on any atom is 0.256 e. The molecule has 0 unspecified atom stereocenters. The van der Waals surface area contributed by atoms with E-state index in [9.17, 15) is 13.2 Å². The molecule has 0 saturated heterocycles. The first kappa shape index (κ1) is 18.9. The van der Waals surface area contributed by atoms with E-state index in [0.29, 0.717) is 29.8 Å². The number of nitrogens with one attached hydrogen (secondary N) is 1. The van der Waals surface area contributed by atoms with E-state index in [1.807, 2.05) is 12.1 Å². The molecule has 28 heavy (non-hydrogen) atoms. The van der Waals surface area contributed by atoms with Gasteiger partial charge >= 0.3 is 0 Å². The quantitative estimate of drug-likeness (QED) is 0.847. The molecule has 3 aliphatic rings. The highest BCUT2D eigenvalue weighted by atomic mass is 32.2. The van der Waals surface area contributed by atoms with Gasteiger partial charge in [-0.2, -0.15) is 0 Å². The lowest BCUT2D eigenvalue weighted by atomic mass is 9.74. The van der Waals surface area contributed by atoms with Crippen LogP contribution in [0.1, 0.15) is 37.4 Å². The lowest BCUT2D eigenvalue weighted by Crippen LogP contribution is -2.41. The van der Waals surface area contributed by atoms with Gasteiger partial charge in [-0.15, -0.1) is 4.40 Å². The third-order valence-electron chi connectivity index (χ3n) is 5.79. The van der Waals surface area contributed by atoms with Gasteiger partial charge in [0.05, 0.1) is 17.4 Å². The molecule has 1 aromatic rings. The number of nitrogens with zero attached hydrogens (tertiary/aromatic N) is 2. The molecule has 0 aromatic heterocycles. The Bertz CT molecular complexity index is 992. The molecular weight excluding hydrogens is 374 g/mol. The van der Waals surface area contributed by atoms with E-state index in [1.54, 1.807) is 23.3 Å². The summed E-state index contributed by atoms with van der Waals surface area (Å²) in [4.78, 5) is 14.8. The molecular formula is C21H25N3O3S. The number of carbonyl (C=O) groups is 1. The number of amides is 1. The summed E-state index contributed by atoms with van der Waals surface area (Å²) in [5.74, 6) is 1.02. The molecule has 0 fully saturated rings. The molecule has 0 spiro atoms. The number of benzene rings is 1. The van der Waals surface area contributed by atoms with Crippen LogP contribution in [0.15, 0.2) is 52.6 Å². The summed E-state index contributed by atoms with van der Waals surface area (Å²) in [6.45, 7) is 4.71. The van der Waals surface area contributed by atoms with Crippen LogP contribution in [0, 0.1) is 11.8 Å². The average Bonchev–Trinajstić information content (AvgIpc) is 2.67. The zero-order chi connectivity index (χ0) is 19.9. The fourth-order valence-electron chi connectivity index (χ4n) is 4.25. The standard InChI is InChI=1S/C21H25N3O3S/c1-14(2)17-9-7-15-5-3-4-6-18(15)20(17)22-21(25)16-8-10-19-23-28(26,27)12-11-24(19)13-16/h3-6,8,10,13-14,17,20H,7,9,11-12H2,1-2H3,(H,22,25)/t17-,20-/m1/s1. The Morgan fingerprint density at radius 2 is 2.04 bits per heavy atom. The minimum absolute atomic E-state index is 0.0245. The summed E-state index contributed by atoms with van der Waals surface area (Å²) in [5.41, 5.74) is 3.02. The normalized spacial score (nSPS) is 25.5. The van der Waals surface area contributed by atoms with Crippen molar-refractivity contribution in [3.05, 3.63) is 59.3 Å². The molecule has 4 rings (SSSR count). The lowest BCUT2D eigenvalue weighted by molar-refractivity contribution is -0.118. The van der Waals surface area contributed by atoms with Crippen molar-refractivity contribution < 1.29 is 13.2 Å². The maximum absolute atomic E-state index is 13.0. The number of rotatable bonds is 3. The van der Waals surface area contributed by atoms with Gasteiger partial charge in [0, 0.05) is 12.7 Å². The third kappa shape index (κ3) is 3.63. The van der Waals surface area contributed by atoms with Gasteiger partial charge in [0.15, 0.2) is 0 Å². The van der Waals surface area contributed by atoms with E-state index in [-0.39, 0.29) is 17.7 Å². The van der Waals surface area contributed by atoms with E-state index >= 15 is 0 Å². The van der Waals surface area contributed by atoms with Gasteiger partial charge in [-0.3, -0.25) is 4.79 Å². The zero-order valence-corrected chi connectivity index (χ0v) is 16.9. The van der Waals surface area contributed by atoms with Crippen LogP contribution < -0.4 is 5.32 Å². The molecule has 1 aliphatic carbocycles. The first-order chi connectivity index (χ1) is 13.3. The second kappa shape index (κ2) is 7.20. The Balaban J connectivity index is 1.58. The van der Waals surface area contributed by atoms with Crippen LogP contribution in [0.25, 0.3) is 0 Å². The molecule has 2 heterocycles. The number of aryl methyl sites for hydroxylation is 1. The Morgan fingerprint density at radius 1 is 1.25 bits per heavy atom. The largest absolute Gasteiger partial charge is 0.345 e. The van der Waals surface area contributed by atoms with Crippen LogP contribution in [-0.2, 0) is 21.2 Å². The first-order valence-electron chi connectivity index (χ1n) is 9.72. The van der Waals surface area contributed by atoms with E-state index in [0.717, 1.165) is 12.8 Å². The SMILES string of the molecule is CC(C)[C@H]1CCc2ccccc2[C@@H]1NC(=O)C1=CN2CCS(=O)(=O)N=C2C=C1. The second-order valence-electron chi connectivity index (χ2n) is 7.94.